The Balaban J connectivity index is 1.96. The van der Waals surface area contributed by atoms with Crippen LogP contribution in [0.1, 0.15) is 44.1 Å². The molecule has 1 amide bonds. The Labute approximate surface area is 159 Å². The number of anilines is 1. The standard InChI is InChI=1S/C20H24N4O3/c21-15-17(20(25)23-11-3-1-2-4-12-23)13-16-14-18(24(26)27)7-8-19(16)22-9-5-6-10-22/h7-8,13-14H,1-6,9-12H2/b17-13+. The first-order valence-electron chi connectivity index (χ1n) is 9.54. The maximum absolute atomic E-state index is 12.8. The number of rotatable bonds is 4. The molecule has 0 aromatic heterocycles. The SMILES string of the molecule is N#C/C(=C\c1cc([N+](=O)[O-])ccc1N1CCCC1)C(=O)N1CCCCCC1. The lowest BCUT2D eigenvalue weighted by Crippen LogP contribution is -2.32. The molecule has 0 saturated carbocycles. The van der Waals surface area contributed by atoms with Gasteiger partial charge >= 0.3 is 0 Å². The highest BCUT2D eigenvalue weighted by atomic mass is 16.6. The third-order valence-electron chi connectivity index (χ3n) is 5.21. The number of nitriles is 1. The summed E-state index contributed by atoms with van der Waals surface area (Å²) in [7, 11) is 0. The molecule has 0 atom stereocenters. The molecule has 0 spiro atoms. The van der Waals surface area contributed by atoms with Crippen LogP contribution in [-0.4, -0.2) is 41.9 Å². The van der Waals surface area contributed by atoms with Gasteiger partial charge in [-0.25, -0.2) is 0 Å². The van der Waals surface area contributed by atoms with E-state index in [0.717, 1.165) is 57.3 Å². The molecule has 2 aliphatic heterocycles. The van der Waals surface area contributed by atoms with Gasteiger partial charge in [-0.1, -0.05) is 12.8 Å². The molecule has 2 heterocycles. The molecule has 7 heteroatoms. The molecule has 142 valence electrons. The van der Waals surface area contributed by atoms with Crippen molar-refractivity contribution in [1.82, 2.24) is 4.90 Å². The first-order chi connectivity index (χ1) is 13.1. The van der Waals surface area contributed by atoms with Gasteiger partial charge in [0.25, 0.3) is 11.6 Å². The summed E-state index contributed by atoms with van der Waals surface area (Å²) in [6.45, 7) is 3.07. The van der Waals surface area contributed by atoms with Crippen LogP contribution in [0.15, 0.2) is 23.8 Å². The van der Waals surface area contributed by atoms with E-state index in [-0.39, 0.29) is 17.2 Å². The summed E-state index contributed by atoms with van der Waals surface area (Å²) in [4.78, 5) is 27.5. The van der Waals surface area contributed by atoms with Gasteiger partial charge in [-0.3, -0.25) is 14.9 Å². The molecular weight excluding hydrogens is 344 g/mol. The zero-order valence-electron chi connectivity index (χ0n) is 15.4. The zero-order valence-corrected chi connectivity index (χ0v) is 15.4. The average Bonchev–Trinajstić information content (AvgIpc) is 3.07. The smallest absolute Gasteiger partial charge is 0.270 e. The molecule has 3 rings (SSSR count). The van der Waals surface area contributed by atoms with Crippen molar-refractivity contribution in [3.63, 3.8) is 0 Å². The van der Waals surface area contributed by atoms with Crippen LogP contribution >= 0.6 is 0 Å². The molecule has 1 aromatic carbocycles. The van der Waals surface area contributed by atoms with Crippen LogP contribution < -0.4 is 4.90 Å². The van der Waals surface area contributed by atoms with E-state index in [9.17, 15) is 20.2 Å². The predicted molar refractivity (Wildman–Crippen MR) is 103 cm³/mol. The van der Waals surface area contributed by atoms with Crippen LogP contribution in [0.5, 0.6) is 0 Å². The van der Waals surface area contributed by atoms with Crippen molar-refractivity contribution in [2.75, 3.05) is 31.1 Å². The summed E-state index contributed by atoms with van der Waals surface area (Å²) in [6, 6.07) is 6.68. The number of nitrogens with zero attached hydrogens (tertiary/aromatic N) is 4. The van der Waals surface area contributed by atoms with E-state index in [1.54, 1.807) is 11.0 Å². The molecule has 0 N–H and O–H groups in total. The van der Waals surface area contributed by atoms with Crippen molar-refractivity contribution >= 4 is 23.4 Å². The molecule has 0 radical (unpaired) electrons. The third kappa shape index (κ3) is 4.45. The summed E-state index contributed by atoms with van der Waals surface area (Å²) in [5.74, 6) is -0.279. The topological polar surface area (TPSA) is 90.5 Å². The number of hydrogen-bond acceptors (Lipinski definition) is 5. The van der Waals surface area contributed by atoms with E-state index in [4.69, 9.17) is 0 Å². The number of amides is 1. The van der Waals surface area contributed by atoms with Crippen molar-refractivity contribution in [3.8, 4) is 6.07 Å². The first-order valence-corrected chi connectivity index (χ1v) is 9.54. The maximum Gasteiger partial charge on any atom is 0.270 e. The minimum Gasteiger partial charge on any atom is -0.371 e. The summed E-state index contributed by atoms with van der Waals surface area (Å²) in [6.07, 6.45) is 7.74. The minimum atomic E-state index is -0.451. The molecule has 0 bridgehead atoms. The lowest BCUT2D eigenvalue weighted by molar-refractivity contribution is -0.384. The fourth-order valence-electron chi connectivity index (χ4n) is 3.76. The summed E-state index contributed by atoms with van der Waals surface area (Å²) >= 11 is 0. The largest absolute Gasteiger partial charge is 0.371 e. The van der Waals surface area contributed by atoms with E-state index >= 15 is 0 Å². The number of hydrogen-bond donors (Lipinski definition) is 0. The number of nitro benzene ring substituents is 1. The molecule has 2 aliphatic rings. The lowest BCUT2D eigenvalue weighted by Gasteiger charge is -2.21. The summed E-state index contributed by atoms with van der Waals surface area (Å²) in [5.41, 5.74) is 1.40. The maximum atomic E-state index is 12.8. The van der Waals surface area contributed by atoms with Crippen molar-refractivity contribution in [2.24, 2.45) is 0 Å². The highest BCUT2D eigenvalue weighted by molar-refractivity contribution is 6.02. The van der Waals surface area contributed by atoms with E-state index in [1.807, 2.05) is 6.07 Å². The number of non-ortho nitro benzene ring substituents is 1. The van der Waals surface area contributed by atoms with E-state index in [2.05, 4.69) is 4.90 Å². The van der Waals surface area contributed by atoms with Gasteiger partial charge in [-0.2, -0.15) is 5.26 Å². The number of carbonyl (C=O) groups is 1. The van der Waals surface area contributed by atoms with Crippen LogP contribution in [0.25, 0.3) is 6.08 Å². The van der Waals surface area contributed by atoms with Crippen LogP contribution in [-0.2, 0) is 4.79 Å². The van der Waals surface area contributed by atoms with Crippen molar-refractivity contribution in [3.05, 3.63) is 39.4 Å². The molecule has 2 fully saturated rings. The predicted octanol–water partition coefficient (Wildman–Crippen LogP) is 3.50. The zero-order chi connectivity index (χ0) is 19.2. The van der Waals surface area contributed by atoms with Crippen molar-refractivity contribution in [1.29, 1.82) is 5.26 Å². The van der Waals surface area contributed by atoms with Crippen LogP contribution in [0, 0.1) is 21.4 Å². The second-order valence-electron chi connectivity index (χ2n) is 7.07. The van der Waals surface area contributed by atoms with Gasteiger partial charge in [-0.15, -0.1) is 0 Å². The van der Waals surface area contributed by atoms with Gasteiger partial charge in [0.15, 0.2) is 0 Å². The summed E-state index contributed by atoms with van der Waals surface area (Å²) < 4.78 is 0. The second kappa shape index (κ2) is 8.67. The Morgan fingerprint density at radius 1 is 1.07 bits per heavy atom. The number of carbonyl (C=O) groups excluding carboxylic acids is 1. The Hall–Kier alpha value is -2.88. The van der Waals surface area contributed by atoms with Gasteiger partial charge in [0.1, 0.15) is 11.6 Å². The lowest BCUT2D eigenvalue weighted by atomic mass is 10.1. The Morgan fingerprint density at radius 3 is 2.30 bits per heavy atom. The molecule has 27 heavy (non-hydrogen) atoms. The Bertz CT molecular complexity index is 783. The van der Waals surface area contributed by atoms with Crippen molar-refractivity contribution < 1.29 is 9.72 Å². The fraction of sp³-hybridized carbons (Fsp3) is 0.500. The van der Waals surface area contributed by atoms with Crippen LogP contribution in [0.2, 0.25) is 0 Å². The highest BCUT2D eigenvalue weighted by Gasteiger charge is 2.22. The van der Waals surface area contributed by atoms with Gasteiger partial charge in [-0.05, 0) is 37.8 Å². The Kier molecular flexibility index (Phi) is 6.07. The Morgan fingerprint density at radius 2 is 1.70 bits per heavy atom. The summed E-state index contributed by atoms with van der Waals surface area (Å²) in [5, 5.41) is 20.8. The highest BCUT2D eigenvalue weighted by Crippen LogP contribution is 2.30. The first kappa shape index (κ1) is 18.9. The van der Waals surface area contributed by atoms with Gasteiger partial charge in [0.05, 0.1) is 4.92 Å². The van der Waals surface area contributed by atoms with Gasteiger partial charge in [0.2, 0.25) is 0 Å². The second-order valence-corrected chi connectivity index (χ2v) is 7.07. The van der Waals surface area contributed by atoms with E-state index < -0.39 is 4.92 Å². The normalized spacial score (nSPS) is 18.1. The van der Waals surface area contributed by atoms with Crippen LogP contribution in [0.3, 0.4) is 0 Å². The molecular formula is C20H24N4O3. The molecule has 0 unspecified atom stereocenters. The number of benzene rings is 1. The monoisotopic (exact) mass is 368 g/mol. The van der Waals surface area contributed by atoms with E-state index in [1.165, 1.54) is 18.2 Å². The quantitative estimate of drug-likeness (QED) is 0.351. The fourth-order valence-corrected chi connectivity index (χ4v) is 3.76. The number of likely N-dealkylation sites (tertiary alicyclic amines) is 1. The van der Waals surface area contributed by atoms with Crippen molar-refractivity contribution in [2.45, 2.75) is 38.5 Å². The molecule has 1 aromatic rings. The third-order valence-corrected chi connectivity index (χ3v) is 5.21. The average molecular weight is 368 g/mol. The van der Waals surface area contributed by atoms with Gasteiger partial charge in [0, 0.05) is 49.6 Å². The number of nitro groups is 1. The van der Waals surface area contributed by atoms with E-state index in [0.29, 0.717) is 18.7 Å². The minimum absolute atomic E-state index is 0.0382. The molecule has 0 aliphatic carbocycles. The molecule has 2 saturated heterocycles. The van der Waals surface area contributed by atoms with Crippen LogP contribution in [0.4, 0.5) is 11.4 Å². The molecule has 7 nitrogen and oxygen atoms in total. The van der Waals surface area contributed by atoms with Gasteiger partial charge < -0.3 is 9.80 Å².